The van der Waals surface area contributed by atoms with Crippen LogP contribution in [0.15, 0.2) is 25.7 Å². The van der Waals surface area contributed by atoms with Crippen LogP contribution in [0, 0.1) is 11.3 Å². The van der Waals surface area contributed by atoms with Crippen LogP contribution in [0.5, 0.6) is 0 Å². The van der Waals surface area contributed by atoms with E-state index in [9.17, 15) is 14.4 Å². The maximum absolute atomic E-state index is 11.9. The van der Waals surface area contributed by atoms with Gasteiger partial charge in [0.25, 0.3) is 5.56 Å². The highest BCUT2D eigenvalue weighted by atomic mass is 35.5. The van der Waals surface area contributed by atoms with Crippen LogP contribution in [-0.2, 0) is 5.75 Å². The number of thioether (sulfide) groups is 1. The normalized spacial score (nSPS) is 10.8. The van der Waals surface area contributed by atoms with Crippen LogP contribution in [0.4, 0.5) is 0 Å². The summed E-state index contributed by atoms with van der Waals surface area (Å²) in [6.45, 7) is 0. The van der Waals surface area contributed by atoms with E-state index in [2.05, 4.69) is 20.1 Å². The summed E-state index contributed by atoms with van der Waals surface area (Å²) in [5, 5.41) is 12.7. The van der Waals surface area contributed by atoms with E-state index in [-0.39, 0.29) is 32.8 Å². The van der Waals surface area contributed by atoms with E-state index in [4.69, 9.17) is 16.9 Å². The summed E-state index contributed by atoms with van der Waals surface area (Å²) >= 11 is 6.84. The summed E-state index contributed by atoms with van der Waals surface area (Å²) in [5.74, 6) is 0.0904. The van der Waals surface area contributed by atoms with Gasteiger partial charge in [0.15, 0.2) is 10.8 Å². The molecule has 0 aliphatic carbocycles. The molecule has 3 aromatic rings. The number of nitrogens with one attached hydrogen (secondary N) is 3. The molecule has 0 aliphatic rings. The highest BCUT2D eigenvalue weighted by molar-refractivity contribution is 7.98. The summed E-state index contributed by atoms with van der Waals surface area (Å²) in [6.07, 6.45) is 1.23. The summed E-state index contributed by atoms with van der Waals surface area (Å²) in [5.41, 5.74) is -1.49. The molecule has 3 rings (SSSR count). The smallest absolute Gasteiger partial charge is 0.309 e. The lowest BCUT2D eigenvalue weighted by Gasteiger charge is -2.03. The van der Waals surface area contributed by atoms with Gasteiger partial charge in [0.05, 0.1) is 11.9 Å². The second kappa shape index (κ2) is 5.75. The Morgan fingerprint density at radius 3 is 2.83 bits per heavy atom. The first-order valence-corrected chi connectivity index (χ1v) is 7.38. The second-order valence-corrected chi connectivity index (χ2v) is 5.58. The summed E-state index contributed by atoms with van der Waals surface area (Å²) in [6, 6.07) is 1.88. The minimum absolute atomic E-state index is 0.0904. The van der Waals surface area contributed by atoms with Crippen molar-refractivity contribution < 1.29 is 0 Å². The average Bonchev–Trinajstić information content (AvgIpc) is 2.93. The highest BCUT2D eigenvalue weighted by Crippen LogP contribution is 2.20. The quantitative estimate of drug-likeness (QED) is 0.543. The first-order chi connectivity index (χ1) is 11.0. The second-order valence-electron chi connectivity index (χ2n) is 4.24. The minimum Gasteiger partial charge on any atom is -0.309 e. The number of halogens is 1. The lowest BCUT2D eigenvalue weighted by atomic mass is 10.4. The molecule has 0 atom stereocenters. The Kier molecular flexibility index (Phi) is 3.77. The molecule has 0 aliphatic heterocycles. The Labute approximate surface area is 135 Å². The molecule has 12 heteroatoms. The molecule has 23 heavy (non-hydrogen) atoms. The Morgan fingerprint density at radius 1 is 1.30 bits per heavy atom. The topological polar surface area (TPSA) is 153 Å². The molecule has 0 saturated carbocycles. The third kappa shape index (κ3) is 2.77. The van der Waals surface area contributed by atoms with Gasteiger partial charge >= 0.3 is 11.4 Å². The minimum atomic E-state index is -0.703. The summed E-state index contributed by atoms with van der Waals surface area (Å²) in [7, 11) is 0. The van der Waals surface area contributed by atoms with E-state index in [1.165, 1.54) is 6.20 Å². The van der Waals surface area contributed by atoms with Crippen molar-refractivity contribution in [1.82, 2.24) is 29.5 Å². The van der Waals surface area contributed by atoms with Crippen molar-refractivity contribution in [2.75, 3.05) is 0 Å². The van der Waals surface area contributed by atoms with E-state index < -0.39 is 16.9 Å². The molecule has 10 nitrogen and oxygen atoms in total. The fraction of sp³-hybridized carbons (Fsp3) is 0.0909. The van der Waals surface area contributed by atoms with Crippen LogP contribution in [0.2, 0.25) is 5.02 Å². The van der Waals surface area contributed by atoms with Gasteiger partial charge in [-0.2, -0.15) is 14.9 Å². The van der Waals surface area contributed by atoms with E-state index >= 15 is 0 Å². The van der Waals surface area contributed by atoms with E-state index in [1.54, 1.807) is 0 Å². The van der Waals surface area contributed by atoms with Crippen LogP contribution >= 0.6 is 23.4 Å². The van der Waals surface area contributed by atoms with Crippen LogP contribution < -0.4 is 16.9 Å². The summed E-state index contributed by atoms with van der Waals surface area (Å²) in [4.78, 5) is 45.5. The van der Waals surface area contributed by atoms with Gasteiger partial charge < -0.3 is 4.98 Å². The molecular formula is C11H6ClN7O3S. The van der Waals surface area contributed by atoms with Crippen LogP contribution in [0.3, 0.4) is 0 Å². The average molecular weight is 352 g/mol. The predicted molar refractivity (Wildman–Crippen MR) is 80.6 cm³/mol. The Hall–Kier alpha value is -2.84. The molecule has 116 valence electrons. The van der Waals surface area contributed by atoms with Crippen molar-refractivity contribution in [2.45, 2.75) is 10.9 Å². The molecule has 0 amide bonds. The number of aromatic amines is 3. The van der Waals surface area contributed by atoms with Gasteiger partial charge in [-0.1, -0.05) is 23.4 Å². The van der Waals surface area contributed by atoms with Crippen LogP contribution in [-0.4, -0.2) is 29.5 Å². The Morgan fingerprint density at radius 2 is 2.09 bits per heavy atom. The molecule has 0 saturated heterocycles. The molecule has 3 N–H and O–H groups in total. The maximum atomic E-state index is 11.9. The zero-order valence-electron chi connectivity index (χ0n) is 11.1. The molecule has 0 spiro atoms. The number of aromatic nitrogens is 6. The molecule has 0 bridgehead atoms. The van der Waals surface area contributed by atoms with Crippen molar-refractivity contribution in [3.63, 3.8) is 0 Å². The van der Waals surface area contributed by atoms with Crippen molar-refractivity contribution in [1.29, 1.82) is 5.26 Å². The molecule has 0 aromatic carbocycles. The SMILES string of the molecule is N#Cc1cnn2c(=O)[nH]c(SCc3[nH]c(=O)[nH]c(=O)c3Cl)nc12. The molecule has 0 unspecified atom stereocenters. The molecule has 0 radical (unpaired) electrons. The van der Waals surface area contributed by atoms with E-state index in [0.717, 1.165) is 16.3 Å². The lowest BCUT2D eigenvalue weighted by Crippen LogP contribution is -2.24. The Balaban J connectivity index is 1.97. The van der Waals surface area contributed by atoms with Crippen LogP contribution in [0.1, 0.15) is 11.3 Å². The van der Waals surface area contributed by atoms with E-state index in [0.29, 0.717) is 0 Å². The lowest BCUT2D eigenvalue weighted by molar-refractivity contribution is 0.786. The Bertz CT molecular complexity index is 1120. The van der Waals surface area contributed by atoms with Crippen molar-refractivity contribution in [3.05, 3.63) is 53.8 Å². The monoisotopic (exact) mass is 351 g/mol. The molecule has 3 aromatic heterocycles. The molecule has 3 heterocycles. The summed E-state index contributed by atoms with van der Waals surface area (Å²) < 4.78 is 0.963. The predicted octanol–water partition coefficient (Wildman–Crippen LogP) is -0.388. The fourth-order valence-electron chi connectivity index (χ4n) is 1.77. The van der Waals surface area contributed by atoms with Gasteiger partial charge in [0, 0.05) is 5.75 Å². The van der Waals surface area contributed by atoms with Crippen LogP contribution in [0.25, 0.3) is 5.65 Å². The van der Waals surface area contributed by atoms with Crippen molar-refractivity contribution in [3.8, 4) is 6.07 Å². The first kappa shape index (κ1) is 15.1. The van der Waals surface area contributed by atoms with Gasteiger partial charge in [0.1, 0.15) is 16.7 Å². The maximum Gasteiger partial charge on any atom is 0.350 e. The number of hydrogen-bond donors (Lipinski definition) is 3. The number of fused-ring (bicyclic) bond motifs is 1. The zero-order valence-corrected chi connectivity index (χ0v) is 12.7. The first-order valence-electron chi connectivity index (χ1n) is 6.01. The number of rotatable bonds is 3. The zero-order chi connectivity index (χ0) is 16.6. The van der Waals surface area contributed by atoms with Gasteiger partial charge in [-0.05, 0) is 0 Å². The number of nitrogens with zero attached hydrogens (tertiary/aromatic N) is 4. The van der Waals surface area contributed by atoms with Gasteiger partial charge in [-0.3, -0.25) is 14.8 Å². The number of nitriles is 1. The molecular weight excluding hydrogens is 346 g/mol. The number of hydrogen-bond acceptors (Lipinski definition) is 7. The van der Waals surface area contributed by atoms with Crippen molar-refractivity contribution >= 4 is 29.0 Å². The van der Waals surface area contributed by atoms with Gasteiger partial charge in [-0.25, -0.2) is 14.6 Å². The highest BCUT2D eigenvalue weighted by Gasteiger charge is 2.12. The fourth-order valence-corrected chi connectivity index (χ4v) is 2.82. The molecule has 0 fully saturated rings. The standard InChI is InChI=1S/C11H6ClN7O3S/c12-6-5(15-9(21)17-8(6)20)3-23-10-16-7-4(1-13)2-14-19(7)11(22)18-10/h2H,3H2,(H,16,18,22)(H2,15,17,20,21). The van der Waals surface area contributed by atoms with Gasteiger partial charge in [-0.15, -0.1) is 0 Å². The van der Waals surface area contributed by atoms with Crippen molar-refractivity contribution in [2.24, 2.45) is 0 Å². The number of H-pyrrole nitrogens is 3. The van der Waals surface area contributed by atoms with E-state index in [1.807, 2.05) is 11.1 Å². The largest absolute Gasteiger partial charge is 0.350 e. The third-order valence-electron chi connectivity index (χ3n) is 2.79. The van der Waals surface area contributed by atoms with Gasteiger partial charge in [0.2, 0.25) is 0 Å². The third-order valence-corrected chi connectivity index (χ3v) is 4.09.